The van der Waals surface area contributed by atoms with Gasteiger partial charge in [-0.2, -0.15) is 0 Å². The lowest BCUT2D eigenvalue weighted by Gasteiger charge is -2.16. The molecule has 0 spiro atoms. The van der Waals surface area contributed by atoms with Gasteiger partial charge in [0.1, 0.15) is 12.4 Å². The fourth-order valence-electron chi connectivity index (χ4n) is 1.19. The van der Waals surface area contributed by atoms with E-state index in [9.17, 15) is 4.79 Å². The smallest absolute Gasteiger partial charge is 0.222 e. The summed E-state index contributed by atoms with van der Waals surface area (Å²) in [6, 6.07) is 9.61. The van der Waals surface area contributed by atoms with Crippen molar-refractivity contribution in [2.75, 3.05) is 6.61 Å². The monoisotopic (exact) mass is 221 g/mol. The zero-order valence-corrected chi connectivity index (χ0v) is 10.1. The van der Waals surface area contributed by atoms with Crippen molar-refractivity contribution in [1.82, 2.24) is 5.32 Å². The molecular weight excluding hydrogens is 202 g/mol. The molecule has 1 amide bonds. The molecular formula is C13H19NO2. The van der Waals surface area contributed by atoms with E-state index in [1.54, 1.807) is 0 Å². The zero-order chi connectivity index (χ0) is 12.0. The quantitative estimate of drug-likeness (QED) is 0.828. The Hall–Kier alpha value is -1.51. The summed E-state index contributed by atoms with van der Waals surface area (Å²) in [5.41, 5.74) is 0. The molecule has 1 aromatic carbocycles. The van der Waals surface area contributed by atoms with Gasteiger partial charge in [-0.15, -0.1) is 0 Å². The Morgan fingerprint density at radius 2 is 1.88 bits per heavy atom. The highest BCUT2D eigenvalue weighted by Gasteiger charge is 2.10. The van der Waals surface area contributed by atoms with Crippen molar-refractivity contribution in [3.05, 3.63) is 30.3 Å². The van der Waals surface area contributed by atoms with Gasteiger partial charge in [0.15, 0.2) is 0 Å². The van der Waals surface area contributed by atoms with Gasteiger partial charge in [0.05, 0.1) is 6.04 Å². The molecule has 0 fully saturated rings. The Bertz CT molecular complexity index is 322. The maximum atomic E-state index is 11.4. The van der Waals surface area contributed by atoms with E-state index in [4.69, 9.17) is 4.74 Å². The molecule has 16 heavy (non-hydrogen) atoms. The van der Waals surface area contributed by atoms with Crippen molar-refractivity contribution in [3.63, 3.8) is 0 Å². The predicted octanol–water partition coefficient (Wildman–Crippen LogP) is 2.23. The van der Waals surface area contributed by atoms with Crippen LogP contribution in [0.25, 0.3) is 0 Å². The third-order valence-electron chi connectivity index (χ3n) is 2.16. The summed E-state index contributed by atoms with van der Waals surface area (Å²) in [6.45, 7) is 6.17. The number of carbonyl (C=O) groups excluding carboxylic acids is 1. The lowest BCUT2D eigenvalue weighted by atomic mass is 10.2. The van der Waals surface area contributed by atoms with Crippen LogP contribution in [0.3, 0.4) is 0 Å². The van der Waals surface area contributed by atoms with Crippen molar-refractivity contribution < 1.29 is 9.53 Å². The Morgan fingerprint density at radius 3 is 2.44 bits per heavy atom. The number of hydrogen-bond acceptors (Lipinski definition) is 2. The molecule has 0 aliphatic heterocycles. The molecule has 1 rings (SSSR count). The highest BCUT2D eigenvalue weighted by Crippen LogP contribution is 2.08. The number of para-hydroxylation sites is 1. The van der Waals surface area contributed by atoms with Gasteiger partial charge in [0.2, 0.25) is 5.91 Å². The molecule has 0 aliphatic rings. The van der Waals surface area contributed by atoms with E-state index in [1.807, 2.05) is 51.1 Å². The number of rotatable bonds is 5. The second kappa shape index (κ2) is 6.16. The molecule has 0 radical (unpaired) electrons. The van der Waals surface area contributed by atoms with E-state index in [0.717, 1.165) is 5.75 Å². The maximum Gasteiger partial charge on any atom is 0.222 e. The summed E-state index contributed by atoms with van der Waals surface area (Å²) in [5, 5.41) is 2.89. The third-order valence-corrected chi connectivity index (χ3v) is 2.16. The van der Waals surface area contributed by atoms with Crippen LogP contribution in [0, 0.1) is 5.92 Å². The van der Waals surface area contributed by atoms with E-state index in [1.165, 1.54) is 0 Å². The molecule has 3 nitrogen and oxygen atoms in total. The van der Waals surface area contributed by atoms with Gasteiger partial charge in [-0.05, 0) is 19.1 Å². The van der Waals surface area contributed by atoms with Crippen molar-refractivity contribution in [1.29, 1.82) is 0 Å². The van der Waals surface area contributed by atoms with Gasteiger partial charge in [-0.3, -0.25) is 4.79 Å². The number of nitrogens with one attached hydrogen (secondary N) is 1. The minimum Gasteiger partial charge on any atom is -0.491 e. The van der Waals surface area contributed by atoms with Crippen molar-refractivity contribution in [2.45, 2.75) is 26.8 Å². The lowest BCUT2D eigenvalue weighted by molar-refractivity contribution is -0.124. The number of ether oxygens (including phenoxy) is 1. The molecule has 1 aromatic rings. The summed E-state index contributed by atoms with van der Waals surface area (Å²) in [5.74, 6) is 0.900. The van der Waals surface area contributed by atoms with E-state index in [-0.39, 0.29) is 17.9 Å². The number of amides is 1. The van der Waals surface area contributed by atoms with Gasteiger partial charge in [0, 0.05) is 5.92 Å². The van der Waals surface area contributed by atoms with Gasteiger partial charge in [-0.25, -0.2) is 0 Å². The first-order valence-electron chi connectivity index (χ1n) is 5.58. The second-order valence-corrected chi connectivity index (χ2v) is 4.19. The zero-order valence-electron chi connectivity index (χ0n) is 10.1. The first-order valence-corrected chi connectivity index (χ1v) is 5.58. The van der Waals surface area contributed by atoms with E-state index >= 15 is 0 Å². The van der Waals surface area contributed by atoms with Crippen LogP contribution in [-0.4, -0.2) is 18.6 Å². The third kappa shape index (κ3) is 4.34. The molecule has 0 saturated heterocycles. The maximum absolute atomic E-state index is 11.4. The average Bonchev–Trinajstić information content (AvgIpc) is 2.27. The summed E-state index contributed by atoms with van der Waals surface area (Å²) >= 11 is 0. The molecule has 0 bridgehead atoms. The minimum atomic E-state index is 0.0131. The summed E-state index contributed by atoms with van der Waals surface area (Å²) in [7, 11) is 0. The normalized spacial score (nSPS) is 12.2. The van der Waals surface area contributed by atoms with Gasteiger partial charge in [0.25, 0.3) is 0 Å². The molecule has 3 heteroatoms. The fraction of sp³-hybridized carbons (Fsp3) is 0.462. The van der Waals surface area contributed by atoms with Crippen LogP contribution in [-0.2, 0) is 4.79 Å². The largest absolute Gasteiger partial charge is 0.491 e. The Labute approximate surface area is 96.8 Å². The van der Waals surface area contributed by atoms with Crippen LogP contribution >= 0.6 is 0 Å². The van der Waals surface area contributed by atoms with E-state index < -0.39 is 0 Å². The summed E-state index contributed by atoms with van der Waals surface area (Å²) < 4.78 is 5.53. The van der Waals surface area contributed by atoms with Crippen LogP contribution in [0.5, 0.6) is 5.75 Å². The van der Waals surface area contributed by atoms with Gasteiger partial charge in [-0.1, -0.05) is 32.0 Å². The fourth-order valence-corrected chi connectivity index (χ4v) is 1.19. The van der Waals surface area contributed by atoms with Crippen molar-refractivity contribution >= 4 is 5.91 Å². The molecule has 0 heterocycles. The SMILES string of the molecule is CC(C)C(=O)N[C@@H](C)COc1ccccc1. The highest BCUT2D eigenvalue weighted by atomic mass is 16.5. The molecule has 0 aliphatic carbocycles. The predicted molar refractivity (Wildman–Crippen MR) is 64.4 cm³/mol. The van der Waals surface area contributed by atoms with Crippen LogP contribution in [0.2, 0.25) is 0 Å². The highest BCUT2D eigenvalue weighted by molar-refractivity contribution is 5.78. The molecule has 0 saturated carbocycles. The first-order chi connectivity index (χ1) is 7.59. The Balaban J connectivity index is 2.30. The molecule has 88 valence electrons. The molecule has 1 N–H and O–H groups in total. The number of carbonyl (C=O) groups is 1. The van der Waals surface area contributed by atoms with Crippen LogP contribution in [0.4, 0.5) is 0 Å². The van der Waals surface area contributed by atoms with Gasteiger partial charge >= 0.3 is 0 Å². The lowest BCUT2D eigenvalue weighted by Crippen LogP contribution is -2.39. The molecule has 0 aromatic heterocycles. The number of hydrogen-bond donors (Lipinski definition) is 1. The second-order valence-electron chi connectivity index (χ2n) is 4.19. The van der Waals surface area contributed by atoms with E-state index in [2.05, 4.69) is 5.32 Å². The van der Waals surface area contributed by atoms with Crippen molar-refractivity contribution in [2.24, 2.45) is 5.92 Å². The summed E-state index contributed by atoms with van der Waals surface area (Å²) in [6.07, 6.45) is 0. The summed E-state index contributed by atoms with van der Waals surface area (Å²) in [4.78, 5) is 11.4. The molecule has 0 unspecified atom stereocenters. The van der Waals surface area contributed by atoms with Crippen molar-refractivity contribution in [3.8, 4) is 5.75 Å². The van der Waals surface area contributed by atoms with Crippen LogP contribution in [0.1, 0.15) is 20.8 Å². The first kappa shape index (κ1) is 12.6. The van der Waals surface area contributed by atoms with E-state index in [0.29, 0.717) is 6.61 Å². The van der Waals surface area contributed by atoms with Crippen LogP contribution < -0.4 is 10.1 Å². The average molecular weight is 221 g/mol. The topological polar surface area (TPSA) is 38.3 Å². The standard InChI is InChI=1S/C13H19NO2/c1-10(2)13(15)14-11(3)9-16-12-7-5-4-6-8-12/h4-8,10-11H,9H2,1-3H3,(H,14,15)/t11-/m0/s1. The molecule has 1 atom stereocenters. The number of benzene rings is 1. The Kier molecular flexibility index (Phi) is 4.83. The Morgan fingerprint density at radius 1 is 1.25 bits per heavy atom. The van der Waals surface area contributed by atoms with Crippen LogP contribution in [0.15, 0.2) is 30.3 Å². The van der Waals surface area contributed by atoms with Gasteiger partial charge < -0.3 is 10.1 Å². The minimum absolute atomic E-state index is 0.0131.